The molecule has 5 rings (SSSR count). The van der Waals surface area contributed by atoms with Gasteiger partial charge in [0.25, 0.3) is 5.91 Å². The van der Waals surface area contributed by atoms with Crippen molar-refractivity contribution in [1.82, 2.24) is 9.88 Å². The van der Waals surface area contributed by atoms with E-state index in [1.807, 2.05) is 79.7 Å². The Hall–Kier alpha value is -4.13. The number of nitrogens with zero attached hydrogens (tertiary/aromatic N) is 2. The number of rotatable bonds is 5. The van der Waals surface area contributed by atoms with E-state index in [1.165, 1.54) is 11.0 Å². The Balaban J connectivity index is 1.61. The van der Waals surface area contributed by atoms with Crippen LogP contribution in [0.5, 0.6) is 0 Å². The van der Waals surface area contributed by atoms with Crippen molar-refractivity contribution in [2.45, 2.75) is 26.2 Å². The molecule has 2 aromatic heterocycles. The van der Waals surface area contributed by atoms with Crippen molar-refractivity contribution in [1.29, 1.82) is 0 Å². The Morgan fingerprint density at radius 2 is 1.43 bits per heavy atom. The average Bonchev–Trinajstić information content (AvgIpc) is 3.32. The lowest BCUT2D eigenvalue weighted by Crippen LogP contribution is -2.30. The Morgan fingerprint density at radius 1 is 0.829 bits per heavy atom. The summed E-state index contributed by atoms with van der Waals surface area (Å²) in [6.45, 7) is 2.05. The zero-order valence-electron chi connectivity index (χ0n) is 18.8. The second-order valence-corrected chi connectivity index (χ2v) is 8.43. The molecule has 35 heavy (non-hydrogen) atoms. The van der Waals surface area contributed by atoms with Crippen molar-refractivity contribution >= 4 is 27.7 Å². The van der Waals surface area contributed by atoms with Crippen molar-refractivity contribution in [3.05, 3.63) is 113 Å². The standard InChI is InChI=1S/C28H21F3N2O2/c1-18-10-12-19(13-11-18)16-33(17-20-14-15-25(35-20)28(29,30)31)27(34)26-21-6-2-4-8-23(21)32-24-9-5-3-7-22(24)26/h2-15H,16-17H2,1H3. The zero-order valence-corrected chi connectivity index (χ0v) is 18.8. The molecule has 5 aromatic rings. The predicted octanol–water partition coefficient (Wildman–Crippen LogP) is 7.15. The number of fused-ring (bicyclic) bond motifs is 2. The largest absolute Gasteiger partial charge is 0.455 e. The topological polar surface area (TPSA) is 46.3 Å². The number of hydrogen-bond donors (Lipinski definition) is 0. The highest BCUT2D eigenvalue weighted by molar-refractivity contribution is 6.16. The van der Waals surface area contributed by atoms with E-state index < -0.39 is 11.9 Å². The molecule has 1 amide bonds. The van der Waals surface area contributed by atoms with E-state index in [2.05, 4.69) is 4.98 Å². The number of benzene rings is 3. The summed E-state index contributed by atoms with van der Waals surface area (Å²) in [5, 5.41) is 1.36. The average molecular weight is 474 g/mol. The maximum absolute atomic E-state index is 14.1. The molecule has 0 N–H and O–H groups in total. The Morgan fingerprint density at radius 3 is 2.00 bits per heavy atom. The van der Waals surface area contributed by atoms with Gasteiger partial charge in [0.1, 0.15) is 5.76 Å². The first-order chi connectivity index (χ1) is 16.8. The Kier molecular flexibility index (Phi) is 5.76. The highest BCUT2D eigenvalue weighted by Gasteiger charge is 2.35. The minimum Gasteiger partial charge on any atom is -0.455 e. The van der Waals surface area contributed by atoms with Crippen LogP contribution in [0.4, 0.5) is 13.2 Å². The van der Waals surface area contributed by atoms with E-state index in [9.17, 15) is 18.0 Å². The molecule has 0 atom stereocenters. The highest BCUT2D eigenvalue weighted by Crippen LogP contribution is 2.32. The van der Waals surface area contributed by atoms with Gasteiger partial charge in [-0.05, 0) is 36.8 Å². The molecule has 0 bridgehead atoms. The van der Waals surface area contributed by atoms with Gasteiger partial charge in [0, 0.05) is 17.3 Å². The molecule has 0 spiro atoms. The second kappa shape index (κ2) is 8.91. The van der Waals surface area contributed by atoms with E-state index in [0.717, 1.165) is 17.2 Å². The smallest absolute Gasteiger partial charge is 0.449 e. The fraction of sp³-hybridized carbons (Fsp3) is 0.143. The van der Waals surface area contributed by atoms with E-state index >= 15 is 0 Å². The van der Waals surface area contributed by atoms with Crippen LogP contribution in [0.25, 0.3) is 21.8 Å². The Labute approximate surface area is 199 Å². The number of aryl methyl sites for hydroxylation is 1. The molecule has 4 nitrogen and oxygen atoms in total. The number of furan rings is 1. The normalized spacial score (nSPS) is 11.8. The van der Waals surface area contributed by atoms with Crippen LogP contribution in [-0.2, 0) is 19.3 Å². The van der Waals surface area contributed by atoms with Crippen LogP contribution in [0.2, 0.25) is 0 Å². The van der Waals surface area contributed by atoms with Crippen LogP contribution in [0, 0.1) is 6.92 Å². The number of carbonyl (C=O) groups excluding carboxylic acids is 1. The number of amides is 1. The molecular formula is C28H21F3N2O2. The quantitative estimate of drug-likeness (QED) is 0.254. The third-order valence-electron chi connectivity index (χ3n) is 5.87. The molecule has 0 saturated carbocycles. The monoisotopic (exact) mass is 474 g/mol. The van der Waals surface area contributed by atoms with E-state index in [-0.39, 0.29) is 24.8 Å². The van der Waals surface area contributed by atoms with Crippen molar-refractivity contribution in [2.75, 3.05) is 0 Å². The van der Waals surface area contributed by atoms with Crippen LogP contribution in [-0.4, -0.2) is 15.8 Å². The van der Waals surface area contributed by atoms with Crippen molar-refractivity contribution in [2.24, 2.45) is 0 Å². The highest BCUT2D eigenvalue weighted by atomic mass is 19.4. The molecule has 2 heterocycles. The maximum Gasteiger partial charge on any atom is 0.449 e. The lowest BCUT2D eigenvalue weighted by atomic mass is 10.0. The second-order valence-electron chi connectivity index (χ2n) is 8.43. The van der Waals surface area contributed by atoms with Crippen LogP contribution in [0.3, 0.4) is 0 Å². The summed E-state index contributed by atoms with van der Waals surface area (Å²) in [5.74, 6) is -1.35. The van der Waals surface area contributed by atoms with Gasteiger partial charge >= 0.3 is 6.18 Å². The molecule has 0 saturated heterocycles. The summed E-state index contributed by atoms with van der Waals surface area (Å²) in [4.78, 5) is 20.3. The molecule has 0 radical (unpaired) electrons. The number of alkyl halides is 3. The van der Waals surface area contributed by atoms with Gasteiger partial charge in [0.05, 0.1) is 23.1 Å². The van der Waals surface area contributed by atoms with Crippen LogP contribution in [0.15, 0.2) is 89.3 Å². The first-order valence-electron chi connectivity index (χ1n) is 11.1. The van der Waals surface area contributed by atoms with Gasteiger partial charge in [-0.25, -0.2) is 4.98 Å². The van der Waals surface area contributed by atoms with Gasteiger partial charge in [-0.2, -0.15) is 13.2 Å². The van der Waals surface area contributed by atoms with Crippen LogP contribution < -0.4 is 0 Å². The van der Waals surface area contributed by atoms with Crippen molar-refractivity contribution < 1.29 is 22.4 Å². The summed E-state index contributed by atoms with van der Waals surface area (Å²) in [7, 11) is 0. The minimum atomic E-state index is -4.60. The number of hydrogen-bond acceptors (Lipinski definition) is 3. The summed E-state index contributed by atoms with van der Waals surface area (Å²) in [6.07, 6.45) is -4.60. The van der Waals surface area contributed by atoms with Crippen molar-refractivity contribution in [3.8, 4) is 0 Å². The molecule has 3 aromatic carbocycles. The number of para-hydroxylation sites is 2. The zero-order chi connectivity index (χ0) is 24.6. The first-order valence-corrected chi connectivity index (χ1v) is 11.1. The van der Waals surface area contributed by atoms with Crippen molar-refractivity contribution in [3.63, 3.8) is 0 Å². The third-order valence-corrected chi connectivity index (χ3v) is 5.87. The maximum atomic E-state index is 14.1. The number of aromatic nitrogens is 1. The predicted molar refractivity (Wildman–Crippen MR) is 128 cm³/mol. The number of halogens is 3. The third kappa shape index (κ3) is 4.62. The molecule has 0 aliphatic carbocycles. The number of pyridine rings is 1. The molecular weight excluding hydrogens is 453 g/mol. The molecule has 0 aliphatic heterocycles. The number of carbonyl (C=O) groups is 1. The summed E-state index contributed by atoms with van der Waals surface area (Å²) in [5.41, 5.74) is 3.72. The van der Waals surface area contributed by atoms with Gasteiger partial charge < -0.3 is 9.32 Å². The van der Waals surface area contributed by atoms with Crippen LogP contribution in [0.1, 0.15) is 33.0 Å². The van der Waals surface area contributed by atoms with Gasteiger partial charge in [0.15, 0.2) is 0 Å². The van der Waals surface area contributed by atoms with Gasteiger partial charge in [-0.15, -0.1) is 0 Å². The van der Waals surface area contributed by atoms with E-state index in [0.29, 0.717) is 27.4 Å². The summed E-state index contributed by atoms with van der Waals surface area (Å²) >= 11 is 0. The lowest BCUT2D eigenvalue weighted by Gasteiger charge is -2.24. The minimum absolute atomic E-state index is 0.0560. The SMILES string of the molecule is Cc1ccc(CN(Cc2ccc(C(F)(F)F)o2)C(=O)c2c3ccccc3nc3ccccc23)cc1. The summed E-state index contributed by atoms with van der Waals surface area (Å²) in [6, 6.07) is 24.6. The molecule has 0 fully saturated rings. The van der Waals surface area contributed by atoms with Gasteiger partial charge in [-0.3, -0.25) is 4.79 Å². The molecule has 0 unspecified atom stereocenters. The molecule has 0 aliphatic rings. The van der Waals surface area contributed by atoms with Gasteiger partial charge in [0.2, 0.25) is 5.76 Å². The fourth-order valence-corrected chi connectivity index (χ4v) is 4.15. The summed E-state index contributed by atoms with van der Waals surface area (Å²) < 4.78 is 44.4. The van der Waals surface area contributed by atoms with E-state index in [1.54, 1.807) is 0 Å². The van der Waals surface area contributed by atoms with E-state index in [4.69, 9.17) is 4.42 Å². The van der Waals surface area contributed by atoms with Gasteiger partial charge in [-0.1, -0.05) is 66.2 Å². The van der Waals surface area contributed by atoms with Crippen LogP contribution >= 0.6 is 0 Å². The Bertz CT molecular complexity index is 1470. The molecule has 176 valence electrons. The fourth-order valence-electron chi connectivity index (χ4n) is 4.15. The molecule has 7 heteroatoms. The lowest BCUT2D eigenvalue weighted by molar-refractivity contribution is -0.153. The first kappa shape index (κ1) is 22.7.